The number of nitrogens with one attached hydrogen (secondary N) is 1. The van der Waals surface area contributed by atoms with Crippen molar-refractivity contribution in [1.29, 1.82) is 0 Å². The molecule has 6 heteroatoms. The van der Waals surface area contributed by atoms with Crippen LogP contribution in [0, 0.1) is 0 Å². The molecule has 5 nitrogen and oxygen atoms in total. The average molecular weight is 419 g/mol. The molecule has 1 atom stereocenters. The number of hydrogen-bond acceptors (Lipinski definition) is 4. The fourth-order valence-corrected chi connectivity index (χ4v) is 4.29. The number of carbonyl (C=O) groups is 1. The monoisotopic (exact) mass is 418 g/mol. The molecule has 0 aliphatic carbocycles. The lowest BCUT2D eigenvalue weighted by Crippen LogP contribution is -2.34. The van der Waals surface area contributed by atoms with Gasteiger partial charge >= 0.3 is 0 Å². The van der Waals surface area contributed by atoms with E-state index < -0.39 is 0 Å². The van der Waals surface area contributed by atoms with E-state index >= 15 is 0 Å². The molecule has 3 aromatic heterocycles. The normalized spacial score (nSPS) is 12.2. The molecule has 30 heavy (non-hydrogen) atoms. The van der Waals surface area contributed by atoms with Crippen LogP contribution < -0.4 is 5.32 Å². The highest BCUT2D eigenvalue weighted by atomic mass is 32.1. The van der Waals surface area contributed by atoms with E-state index in [1.807, 2.05) is 22.2 Å². The second-order valence-corrected chi connectivity index (χ2v) is 8.25. The van der Waals surface area contributed by atoms with Crippen LogP contribution >= 0.6 is 11.3 Å². The maximum absolute atomic E-state index is 13.0. The second kappa shape index (κ2) is 9.22. The molecule has 4 aromatic rings. The van der Waals surface area contributed by atoms with Crippen molar-refractivity contribution in [3.63, 3.8) is 0 Å². The molecule has 1 amide bonds. The van der Waals surface area contributed by atoms with Gasteiger partial charge in [0.15, 0.2) is 0 Å². The number of thiazole rings is 1. The van der Waals surface area contributed by atoms with E-state index in [4.69, 9.17) is 0 Å². The predicted octanol–water partition coefficient (Wildman–Crippen LogP) is 5.36. The lowest BCUT2D eigenvalue weighted by Gasteiger charge is -2.17. The fraction of sp³-hybridized carbons (Fsp3) is 0.292. The van der Waals surface area contributed by atoms with Crippen LogP contribution in [0.15, 0.2) is 59.8 Å². The van der Waals surface area contributed by atoms with Crippen molar-refractivity contribution < 1.29 is 4.79 Å². The summed E-state index contributed by atoms with van der Waals surface area (Å²) in [4.78, 5) is 21.8. The minimum absolute atomic E-state index is 0.0489. The number of amides is 1. The van der Waals surface area contributed by atoms with Gasteiger partial charge in [0, 0.05) is 35.6 Å². The maximum Gasteiger partial charge on any atom is 0.255 e. The van der Waals surface area contributed by atoms with Gasteiger partial charge < -0.3 is 9.72 Å². The summed E-state index contributed by atoms with van der Waals surface area (Å²) in [6.45, 7) is 4.25. The smallest absolute Gasteiger partial charge is 0.255 e. The number of pyridine rings is 1. The zero-order valence-corrected chi connectivity index (χ0v) is 18.2. The predicted molar refractivity (Wildman–Crippen MR) is 122 cm³/mol. The second-order valence-electron chi connectivity index (χ2n) is 7.53. The Morgan fingerprint density at radius 2 is 2.00 bits per heavy atom. The third-order valence-electron chi connectivity index (χ3n) is 5.34. The van der Waals surface area contributed by atoms with Gasteiger partial charge in [-0.05, 0) is 36.5 Å². The largest absolute Gasteiger partial charge is 0.349 e. The van der Waals surface area contributed by atoms with E-state index in [1.54, 1.807) is 17.5 Å². The van der Waals surface area contributed by atoms with Crippen LogP contribution in [-0.2, 0) is 6.42 Å². The van der Waals surface area contributed by atoms with Gasteiger partial charge in [-0.25, -0.2) is 9.97 Å². The molecule has 0 fully saturated rings. The number of rotatable bonds is 8. The van der Waals surface area contributed by atoms with Crippen molar-refractivity contribution in [3.8, 4) is 11.3 Å². The molecule has 0 saturated carbocycles. The third-order valence-corrected chi connectivity index (χ3v) is 5.93. The molecule has 0 radical (unpaired) electrons. The van der Waals surface area contributed by atoms with E-state index in [1.165, 1.54) is 5.56 Å². The molecule has 1 unspecified atom stereocenters. The first kappa shape index (κ1) is 20.3. The summed E-state index contributed by atoms with van der Waals surface area (Å²) in [5, 5.41) is 5.23. The fourth-order valence-electron chi connectivity index (χ4n) is 3.73. The number of aromatic nitrogens is 3. The SMILES string of the molecule is CCCC(CC)NC(=O)c1cc(Cc2ccc(-c3cscn3)cc2)cn2ccnc12. The minimum Gasteiger partial charge on any atom is -0.349 e. The first-order valence-corrected chi connectivity index (χ1v) is 11.4. The van der Waals surface area contributed by atoms with E-state index in [2.05, 4.69) is 65.0 Å². The zero-order chi connectivity index (χ0) is 20.9. The van der Waals surface area contributed by atoms with Gasteiger partial charge in [-0.2, -0.15) is 0 Å². The van der Waals surface area contributed by atoms with Gasteiger partial charge in [-0.15, -0.1) is 11.3 Å². The highest BCUT2D eigenvalue weighted by molar-refractivity contribution is 7.07. The van der Waals surface area contributed by atoms with E-state index in [-0.39, 0.29) is 11.9 Å². The van der Waals surface area contributed by atoms with Gasteiger partial charge in [0.05, 0.1) is 16.8 Å². The summed E-state index contributed by atoms with van der Waals surface area (Å²) in [5.41, 5.74) is 7.56. The van der Waals surface area contributed by atoms with Crippen LogP contribution in [0.4, 0.5) is 0 Å². The molecule has 4 rings (SSSR count). The number of fused-ring (bicyclic) bond motifs is 1. The van der Waals surface area contributed by atoms with Gasteiger partial charge in [0.1, 0.15) is 5.65 Å². The van der Waals surface area contributed by atoms with Crippen LogP contribution in [-0.4, -0.2) is 26.3 Å². The minimum atomic E-state index is -0.0489. The lowest BCUT2D eigenvalue weighted by atomic mass is 10.0. The van der Waals surface area contributed by atoms with Crippen LogP contribution in [0.3, 0.4) is 0 Å². The Hall–Kier alpha value is -2.99. The van der Waals surface area contributed by atoms with E-state index in [9.17, 15) is 4.79 Å². The van der Waals surface area contributed by atoms with Gasteiger partial charge in [-0.3, -0.25) is 4.79 Å². The molecular weight excluding hydrogens is 392 g/mol. The summed E-state index contributed by atoms with van der Waals surface area (Å²) in [6, 6.07) is 10.6. The average Bonchev–Trinajstić information content (AvgIpc) is 3.45. The number of benzene rings is 1. The van der Waals surface area contributed by atoms with Crippen LogP contribution in [0.2, 0.25) is 0 Å². The highest BCUT2D eigenvalue weighted by Crippen LogP contribution is 2.21. The standard InChI is InChI=1S/C24H26N4OS/c1-3-5-20(4-2)27-24(29)21-13-18(14-28-11-10-25-23(21)28)12-17-6-8-19(9-7-17)22-15-30-16-26-22/h6-11,13-16,20H,3-5,12H2,1-2H3,(H,27,29). The summed E-state index contributed by atoms with van der Waals surface area (Å²) in [5.74, 6) is -0.0489. The van der Waals surface area contributed by atoms with Crippen molar-refractivity contribution in [3.05, 3.63) is 76.5 Å². The number of hydrogen-bond donors (Lipinski definition) is 1. The number of nitrogens with zero attached hydrogens (tertiary/aromatic N) is 3. The van der Waals surface area contributed by atoms with Gasteiger partial charge in [-0.1, -0.05) is 44.5 Å². The Kier molecular flexibility index (Phi) is 6.23. The van der Waals surface area contributed by atoms with Crippen LogP contribution in [0.25, 0.3) is 16.9 Å². The quantitative estimate of drug-likeness (QED) is 0.419. The van der Waals surface area contributed by atoms with Crippen molar-refractivity contribution in [1.82, 2.24) is 19.7 Å². The summed E-state index contributed by atoms with van der Waals surface area (Å²) < 4.78 is 1.94. The Morgan fingerprint density at radius 3 is 2.70 bits per heavy atom. The van der Waals surface area contributed by atoms with Crippen LogP contribution in [0.1, 0.15) is 54.6 Å². The van der Waals surface area contributed by atoms with E-state index in [0.29, 0.717) is 11.2 Å². The lowest BCUT2D eigenvalue weighted by molar-refractivity contribution is 0.0934. The molecule has 0 aliphatic rings. The molecule has 154 valence electrons. The van der Waals surface area contributed by atoms with Crippen molar-refractivity contribution in [2.45, 2.75) is 45.6 Å². The Balaban J connectivity index is 1.58. The summed E-state index contributed by atoms with van der Waals surface area (Å²) in [7, 11) is 0. The maximum atomic E-state index is 13.0. The molecular formula is C24H26N4OS. The summed E-state index contributed by atoms with van der Waals surface area (Å²) >= 11 is 1.60. The van der Waals surface area contributed by atoms with Gasteiger partial charge in [0.2, 0.25) is 0 Å². The third kappa shape index (κ3) is 4.44. The molecule has 0 aliphatic heterocycles. The topological polar surface area (TPSA) is 59.3 Å². The first-order chi connectivity index (χ1) is 14.7. The van der Waals surface area contributed by atoms with Crippen molar-refractivity contribution >= 4 is 22.9 Å². The van der Waals surface area contributed by atoms with Crippen LogP contribution in [0.5, 0.6) is 0 Å². The molecule has 1 N–H and O–H groups in total. The van der Waals surface area contributed by atoms with Gasteiger partial charge in [0.25, 0.3) is 5.91 Å². The Bertz CT molecular complexity index is 1120. The number of imidazole rings is 1. The molecule has 0 saturated heterocycles. The van der Waals surface area contributed by atoms with E-state index in [0.717, 1.165) is 42.5 Å². The highest BCUT2D eigenvalue weighted by Gasteiger charge is 2.17. The van der Waals surface area contributed by atoms with Crippen molar-refractivity contribution in [2.75, 3.05) is 0 Å². The molecule has 0 bridgehead atoms. The first-order valence-electron chi connectivity index (χ1n) is 10.4. The Labute approximate surface area is 180 Å². The summed E-state index contributed by atoms with van der Waals surface area (Å²) in [6.07, 6.45) is 9.39. The Morgan fingerprint density at radius 1 is 1.17 bits per heavy atom. The molecule has 1 aromatic carbocycles. The molecule has 0 spiro atoms. The van der Waals surface area contributed by atoms with Crippen molar-refractivity contribution in [2.24, 2.45) is 0 Å². The number of carbonyl (C=O) groups excluding carboxylic acids is 1. The molecule has 3 heterocycles. The zero-order valence-electron chi connectivity index (χ0n) is 17.3.